The van der Waals surface area contributed by atoms with E-state index in [4.69, 9.17) is 0 Å². The van der Waals surface area contributed by atoms with E-state index in [-0.39, 0.29) is 18.7 Å². The molecule has 0 saturated heterocycles. The lowest BCUT2D eigenvalue weighted by molar-refractivity contribution is -0.387. The van der Waals surface area contributed by atoms with Crippen LogP contribution in [0, 0.1) is 15.9 Å². The third-order valence-electron chi connectivity index (χ3n) is 3.09. The molecule has 1 atom stereocenters. The summed E-state index contributed by atoms with van der Waals surface area (Å²) >= 11 is 0. The number of nitro benzene ring substituents is 1. The fraction of sp³-hybridized carbons (Fsp3) is 0.200. The Labute approximate surface area is 121 Å². The Bertz CT molecular complexity index is 620. The molecular weight excluding hydrogens is 275 g/mol. The van der Waals surface area contributed by atoms with Crippen LogP contribution in [0.25, 0.3) is 0 Å². The van der Waals surface area contributed by atoms with Gasteiger partial charge in [-0.05, 0) is 5.56 Å². The highest BCUT2D eigenvalue weighted by atomic mass is 19.1. The highest BCUT2D eigenvalue weighted by molar-refractivity contribution is 5.36. The van der Waals surface area contributed by atoms with Crippen molar-refractivity contribution in [2.75, 3.05) is 6.54 Å². The number of aliphatic hydroxyl groups excluding tert-OH is 1. The Hall–Kier alpha value is -2.31. The lowest BCUT2D eigenvalue weighted by Gasteiger charge is -2.12. The molecule has 0 aliphatic carbocycles. The summed E-state index contributed by atoms with van der Waals surface area (Å²) < 4.78 is 13.8. The second-order valence-electron chi connectivity index (χ2n) is 4.56. The van der Waals surface area contributed by atoms with Crippen LogP contribution in [0.5, 0.6) is 0 Å². The van der Waals surface area contributed by atoms with Gasteiger partial charge in [-0.3, -0.25) is 10.1 Å². The van der Waals surface area contributed by atoms with Crippen molar-refractivity contribution in [3.05, 3.63) is 75.6 Å². The van der Waals surface area contributed by atoms with E-state index in [1.165, 1.54) is 12.1 Å². The fourth-order valence-electron chi connectivity index (χ4n) is 1.98. The van der Waals surface area contributed by atoms with E-state index in [0.29, 0.717) is 0 Å². The van der Waals surface area contributed by atoms with E-state index in [0.717, 1.165) is 11.6 Å². The molecule has 2 aromatic rings. The maximum Gasteiger partial charge on any atom is 0.305 e. The van der Waals surface area contributed by atoms with Crippen LogP contribution >= 0.6 is 0 Å². The maximum absolute atomic E-state index is 13.8. The Balaban J connectivity index is 1.95. The van der Waals surface area contributed by atoms with Crippen LogP contribution in [-0.4, -0.2) is 16.6 Å². The Morgan fingerprint density at radius 3 is 2.57 bits per heavy atom. The number of halogens is 1. The van der Waals surface area contributed by atoms with Crippen molar-refractivity contribution >= 4 is 5.69 Å². The summed E-state index contributed by atoms with van der Waals surface area (Å²) in [4.78, 5) is 9.89. The molecule has 0 aromatic heterocycles. The first kappa shape index (κ1) is 15.1. The average Bonchev–Trinajstić information content (AvgIpc) is 2.49. The molecule has 110 valence electrons. The topological polar surface area (TPSA) is 75.4 Å². The van der Waals surface area contributed by atoms with Gasteiger partial charge >= 0.3 is 5.69 Å². The molecule has 2 N–H and O–H groups in total. The van der Waals surface area contributed by atoms with Gasteiger partial charge in [-0.15, -0.1) is 0 Å². The maximum atomic E-state index is 13.8. The third kappa shape index (κ3) is 3.84. The summed E-state index contributed by atoms with van der Waals surface area (Å²) in [5.74, 6) is -0.843. The molecule has 2 rings (SSSR count). The van der Waals surface area contributed by atoms with Crippen molar-refractivity contribution in [3.63, 3.8) is 0 Å². The highest BCUT2D eigenvalue weighted by Crippen LogP contribution is 2.20. The number of nitrogens with zero attached hydrogens (tertiary/aromatic N) is 1. The quantitative estimate of drug-likeness (QED) is 0.633. The molecule has 21 heavy (non-hydrogen) atoms. The van der Waals surface area contributed by atoms with Gasteiger partial charge in [-0.2, -0.15) is 4.39 Å². The van der Waals surface area contributed by atoms with Gasteiger partial charge in [0, 0.05) is 24.7 Å². The van der Waals surface area contributed by atoms with Crippen LogP contribution in [0.3, 0.4) is 0 Å². The van der Waals surface area contributed by atoms with E-state index in [1.54, 1.807) is 12.1 Å². The minimum absolute atomic E-state index is 0.109. The molecule has 0 saturated carbocycles. The molecule has 6 heteroatoms. The molecule has 1 unspecified atom stereocenters. The molecule has 0 fully saturated rings. The largest absolute Gasteiger partial charge is 0.387 e. The number of nitro groups is 1. The number of aliphatic hydroxyl groups is 1. The molecule has 0 aliphatic rings. The molecule has 0 heterocycles. The highest BCUT2D eigenvalue weighted by Gasteiger charge is 2.17. The zero-order valence-corrected chi connectivity index (χ0v) is 11.2. The van der Waals surface area contributed by atoms with E-state index >= 15 is 0 Å². The van der Waals surface area contributed by atoms with E-state index < -0.39 is 22.5 Å². The van der Waals surface area contributed by atoms with Crippen molar-refractivity contribution in [2.45, 2.75) is 12.6 Å². The SMILES string of the molecule is O=[N+]([O-])c1cccc(CNCC(O)c2ccccc2)c1F. The first-order valence-corrected chi connectivity index (χ1v) is 6.45. The predicted octanol–water partition coefficient (Wildman–Crippen LogP) is 2.56. The van der Waals surface area contributed by atoms with Gasteiger partial charge in [0.25, 0.3) is 0 Å². The third-order valence-corrected chi connectivity index (χ3v) is 3.09. The summed E-state index contributed by atoms with van der Waals surface area (Å²) in [5.41, 5.74) is 0.409. The monoisotopic (exact) mass is 290 g/mol. The fourth-order valence-corrected chi connectivity index (χ4v) is 1.98. The van der Waals surface area contributed by atoms with Crippen molar-refractivity contribution in [2.24, 2.45) is 0 Å². The van der Waals surface area contributed by atoms with Gasteiger partial charge in [0.2, 0.25) is 5.82 Å². The summed E-state index contributed by atoms with van der Waals surface area (Å²) in [5, 5.41) is 23.5. The molecule has 0 spiro atoms. The van der Waals surface area contributed by atoms with Gasteiger partial charge in [0.15, 0.2) is 0 Å². The molecule has 2 aromatic carbocycles. The molecule has 0 amide bonds. The number of hydrogen-bond acceptors (Lipinski definition) is 4. The minimum Gasteiger partial charge on any atom is -0.387 e. The van der Waals surface area contributed by atoms with E-state index in [9.17, 15) is 19.6 Å². The van der Waals surface area contributed by atoms with Crippen LogP contribution in [0.2, 0.25) is 0 Å². The lowest BCUT2D eigenvalue weighted by atomic mass is 10.1. The summed E-state index contributed by atoms with van der Waals surface area (Å²) in [6.07, 6.45) is -0.715. The second kappa shape index (κ2) is 6.92. The predicted molar refractivity (Wildman–Crippen MR) is 76.2 cm³/mol. The minimum atomic E-state index is -0.843. The van der Waals surface area contributed by atoms with Crippen molar-refractivity contribution in [3.8, 4) is 0 Å². The van der Waals surface area contributed by atoms with Gasteiger partial charge in [-0.1, -0.05) is 42.5 Å². The molecular formula is C15H15FN2O3. The van der Waals surface area contributed by atoms with Crippen LogP contribution in [0.15, 0.2) is 48.5 Å². The standard InChI is InChI=1S/C15H15FN2O3/c16-15-12(7-4-8-13(15)18(20)21)9-17-10-14(19)11-5-2-1-3-6-11/h1-8,14,17,19H,9-10H2. The van der Waals surface area contributed by atoms with E-state index in [2.05, 4.69) is 5.32 Å². The van der Waals surface area contributed by atoms with Gasteiger partial charge in [-0.25, -0.2) is 0 Å². The van der Waals surface area contributed by atoms with Crippen LogP contribution in [-0.2, 0) is 6.54 Å². The van der Waals surface area contributed by atoms with Crippen LogP contribution in [0.1, 0.15) is 17.2 Å². The summed E-state index contributed by atoms with van der Waals surface area (Å²) in [6, 6.07) is 13.1. The smallest absolute Gasteiger partial charge is 0.305 e. The summed E-state index contributed by atoms with van der Waals surface area (Å²) in [7, 11) is 0. The Kier molecular flexibility index (Phi) is 4.97. The number of nitrogens with one attached hydrogen (secondary N) is 1. The Morgan fingerprint density at radius 1 is 1.19 bits per heavy atom. The van der Waals surface area contributed by atoms with Gasteiger partial charge in [0.1, 0.15) is 0 Å². The second-order valence-corrected chi connectivity index (χ2v) is 4.56. The van der Waals surface area contributed by atoms with Gasteiger partial charge < -0.3 is 10.4 Å². The normalized spacial score (nSPS) is 12.1. The average molecular weight is 290 g/mol. The first-order chi connectivity index (χ1) is 10.1. The number of hydrogen-bond donors (Lipinski definition) is 2. The van der Waals surface area contributed by atoms with Crippen molar-refractivity contribution in [1.29, 1.82) is 0 Å². The van der Waals surface area contributed by atoms with Crippen molar-refractivity contribution in [1.82, 2.24) is 5.32 Å². The van der Waals surface area contributed by atoms with E-state index in [1.807, 2.05) is 18.2 Å². The van der Waals surface area contributed by atoms with Crippen LogP contribution < -0.4 is 5.32 Å². The molecule has 0 aliphatic heterocycles. The zero-order chi connectivity index (χ0) is 15.2. The first-order valence-electron chi connectivity index (χ1n) is 6.45. The van der Waals surface area contributed by atoms with Crippen molar-refractivity contribution < 1.29 is 14.4 Å². The zero-order valence-electron chi connectivity index (χ0n) is 11.2. The number of rotatable bonds is 6. The number of benzene rings is 2. The van der Waals surface area contributed by atoms with Crippen LogP contribution in [0.4, 0.5) is 10.1 Å². The molecule has 0 radical (unpaired) electrons. The lowest BCUT2D eigenvalue weighted by Crippen LogP contribution is -2.21. The Morgan fingerprint density at radius 2 is 1.90 bits per heavy atom. The molecule has 5 nitrogen and oxygen atoms in total. The summed E-state index contributed by atoms with van der Waals surface area (Å²) in [6.45, 7) is 0.337. The van der Waals surface area contributed by atoms with Gasteiger partial charge in [0.05, 0.1) is 11.0 Å². The molecule has 0 bridgehead atoms.